The Balaban J connectivity index is 1.82. The van der Waals surface area contributed by atoms with Crippen LogP contribution in [-0.2, 0) is 26.9 Å². The fraction of sp³-hybridized carbons (Fsp3) is 0.273. The van der Waals surface area contributed by atoms with Crippen LogP contribution >= 0.6 is 11.3 Å². The minimum Gasteiger partial charge on any atom is -0.305 e. The summed E-state index contributed by atoms with van der Waals surface area (Å²) in [6, 6.07) is 13.0. The van der Waals surface area contributed by atoms with Gasteiger partial charge in [-0.05, 0) is 42.7 Å². The van der Waals surface area contributed by atoms with E-state index in [1.165, 1.54) is 11.3 Å². The molecule has 3 rings (SSSR count). The summed E-state index contributed by atoms with van der Waals surface area (Å²) in [5, 5.41) is 0. The van der Waals surface area contributed by atoms with Crippen molar-refractivity contribution in [3.8, 4) is 12.3 Å². The second-order valence-corrected chi connectivity index (χ2v) is 10.1. The van der Waals surface area contributed by atoms with Crippen molar-refractivity contribution < 1.29 is 13.2 Å². The lowest BCUT2D eigenvalue weighted by molar-refractivity contribution is -0.117. The molecule has 2 aromatic carbocycles. The standard InChI is InChI=1S/C22H22N2O3S2/c1-4-11-24-19-13-16(2)17(3)14-20(19)28-22(24)23-21(25)10-12-29(26,27)15-18-8-6-5-7-9-18/h1,5-9,13-14H,10-12,15H2,2-3H3. The van der Waals surface area contributed by atoms with E-state index in [1.54, 1.807) is 24.3 Å². The second-order valence-electron chi connectivity index (χ2n) is 6.91. The maximum Gasteiger partial charge on any atom is 0.249 e. The maximum absolute atomic E-state index is 12.4. The third-order valence-electron chi connectivity index (χ3n) is 4.62. The summed E-state index contributed by atoms with van der Waals surface area (Å²) in [5.74, 6) is 1.81. The molecule has 0 aliphatic heterocycles. The Bertz CT molecular complexity index is 1260. The molecule has 1 amide bonds. The van der Waals surface area contributed by atoms with Gasteiger partial charge < -0.3 is 4.57 Å². The van der Waals surface area contributed by atoms with E-state index in [0.717, 1.165) is 21.3 Å². The molecule has 5 nitrogen and oxygen atoms in total. The predicted octanol–water partition coefficient (Wildman–Crippen LogP) is 3.39. The van der Waals surface area contributed by atoms with Crippen molar-refractivity contribution >= 4 is 37.3 Å². The molecule has 0 saturated carbocycles. The molecule has 0 atom stereocenters. The number of amides is 1. The molecule has 0 radical (unpaired) electrons. The molecule has 0 aliphatic carbocycles. The average molecular weight is 427 g/mol. The van der Waals surface area contributed by atoms with Crippen LogP contribution in [0, 0.1) is 26.2 Å². The Morgan fingerprint density at radius 3 is 2.55 bits per heavy atom. The molecule has 3 aromatic rings. The predicted molar refractivity (Wildman–Crippen MR) is 117 cm³/mol. The van der Waals surface area contributed by atoms with Gasteiger partial charge in [0.1, 0.15) is 0 Å². The molecule has 0 aliphatic rings. The summed E-state index contributed by atoms with van der Waals surface area (Å²) in [6.45, 7) is 4.34. The summed E-state index contributed by atoms with van der Waals surface area (Å²) < 4.78 is 27.5. The number of nitrogens with zero attached hydrogens (tertiary/aromatic N) is 2. The van der Waals surface area contributed by atoms with Gasteiger partial charge in [-0.1, -0.05) is 47.6 Å². The van der Waals surface area contributed by atoms with Gasteiger partial charge in [0, 0.05) is 6.42 Å². The molecule has 150 valence electrons. The van der Waals surface area contributed by atoms with Crippen molar-refractivity contribution in [1.82, 2.24) is 4.57 Å². The van der Waals surface area contributed by atoms with Crippen molar-refractivity contribution in [3.05, 3.63) is 64.0 Å². The van der Waals surface area contributed by atoms with Gasteiger partial charge in [-0.3, -0.25) is 4.79 Å². The van der Waals surface area contributed by atoms with Gasteiger partial charge in [0.2, 0.25) is 5.91 Å². The summed E-state index contributed by atoms with van der Waals surface area (Å²) in [5.41, 5.74) is 3.92. The van der Waals surface area contributed by atoms with Crippen molar-refractivity contribution in [2.75, 3.05) is 5.75 Å². The van der Waals surface area contributed by atoms with Gasteiger partial charge in [-0.2, -0.15) is 4.99 Å². The smallest absolute Gasteiger partial charge is 0.249 e. The van der Waals surface area contributed by atoms with Crippen LogP contribution < -0.4 is 4.80 Å². The first-order valence-corrected chi connectivity index (χ1v) is 11.8. The highest BCUT2D eigenvalue weighted by Crippen LogP contribution is 2.22. The highest BCUT2D eigenvalue weighted by Gasteiger charge is 2.15. The Hall–Kier alpha value is -2.69. The minimum atomic E-state index is -3.39. The van der Waals surface area contributed by atoms with E-state index in [0.29, 0.717) is 16.9 Å². The largest absolute Gasteiger partial charge is 0.305 e. The number of sulfone groups is 1. The summed E-state index contributed by atoms with van der Waals surface area (Å²) in [4.78, 5) is 17.1. The molecule has 0 unspecified atom stereocenters. The lowest BCUT2D eigenvalue weighted by Gasteiger charge is -2.04. The van der Waals surface area contributed by atoms with Gasteiger partial charge in [-0.25, -0.2) is 8.42 Å². The number of terminal acetylenes is 1. The fourth-order valence-corrected chi connectivity index (χ4v) is 5.41. The number of aromatic nitrogens is 1. The fourth-order valence-electron chi connectivity index (χ4n) is 2.96. The number of thiazole rings is 1. The number of carbonyl (C=O) groups is 1. The molecular weight excluding hydrogens is 404 g/mol. The first kappa shape index (κ1) is 21.0. The van der Waals surface area contributed by atoms with Crippen molar-refractivity contribution in [2.45, 2.75) is 32.6 Å². The normalized spacial score (nSPS) is 12.2. The Morgan fingerprint density at radius 1 is 1.17 bits per heavy atom. The number of fused-ring (bicyclic) bond motifs is 1. The van der Waals surface area contributed by atoms with Crippen LogP contribution in [0.3, 0.4) is 0 Å². The molecular formula is C22H22N2O3S2. The summed E-state index contributed by atoms with van der Waals surface area (Å²) in [7, 11) is -3.39. The number of rotatable bonds is 6. The monoisotopic (exact) mass is 426 g/mol. The molecule has 0 N–H and O–H groups in total. The zero-order valence-electron chi connectivity index (χ0n) is 16.4. The van der Waals surface area contributed by atoms with Gasteiger partial charge in [0.05, 0.1) is 28.3 Å². The van der Waals surface area contributed by atoms with Gasteiger partial charge in [0.15, 0.2) is 14.6 Å². The van der Waals surface area contributed by atoms with Crippen LogP contribution in [0.2, 0.25) is 0 Å². The van der Waals surface area contributed by atoms with Crippen LogP contribution in [0.5, 0.6) is 0 Å². The first-order chi connectivity index (χ1) is 13.8. The van der Waals surface area contributed by atoms with Crippen LogP contribution in [0.25, 0.3) is 10.2 Å². The van der Waals surface area contributed by atoms with Crippen molar-refractivity contribution in [3.63, 3.8) is 0 Å². The Kier molecular flexibility index (Phi) is 6.36. The minimum absolute atomic E-state index is 0.0837. The molecule has 0 saturated heterocycles. The molecule has 0 fully saturated rings. The molecule has 7 heteroatoms. The lowest BCUT2D eigenvalue weighted by Crippen LogP contribution is -2.18. The lowest BCUT2D eigenvalue weighted by atomic mass is 10.1. The van der Waals surface area contributed by atoms with Crippen LogP contribution in [0.15, 0.2) is 47.5 Å². The van der Waals surface area contributed by atoms with E-state index in [4.69, 9.17) is 6.42 Å². The molecule has 0 spiro atoms. The number of benzene rings is 2. The van der Waals surface area contributed by atoms with Gasteiger partial charge in [-0.15, -0.1) is 6.42 Å². The van der Waals surface area contributed by atoms with Crippen LogP contribution in [0.1, 0.15) is 23.1 Å². The number of carbonyl (C=O) groups excluding carboxylic acids is 1. The van der Waals surface area contributed by atoms with Crippen molar-refractivity contribution in [1.29, 1.82) is 0 Å². The second kappa shape index (κ2) is 8.76. The van der Waals surface area contributed by atoms with E-state index in [1.807, 2.05) is 30.5 Å². The van der Waals surface area contributed by atoms with Crippen LogP contribution in [0.4, 0.5) is 0 Å². The van der Waals surface area contributed by atoms with E-state index < -0.39 is 15.7 Å². The van der Waals surface area contributed by atoms with Gasteiger partial charge in [0.25, 0.3) is 0 Å². The number of aryl methyl sites for hydroxylation is 2. The molecule has 29 heavy (non-hydrogen) atoms. The SMILES string of the molecule is C#CCn1c(=NC(=O)CCS(=O)(=O)Cc2ccccc2)sc2cc(C)c(C)cc21. The topological polar surface area (TPSA) is 68.5 Å². The highest BCUT2D eigenvalue weighted by atomic mass is 32.2. The average Bonchev–Trinajstić information content (AvgIpc) is 2.98. The quantitative estimate of drug-likeness (QED) is 0.568. The molecule has 1 aromatic heterocycles. The third kappa shape index (κ3) is 5.22. The summed E-state index contributed by atoms with van der Waals surface area (Å²) in [6.07, 6.45) is 5.34. The maximum atomic E-state index is 12.4. The number of hydrogen-bond acceptors (Lipinski definition) is 4. The third-order valence-corrected chi connectivity index (χ3v) is 7.26. The van der Waals surface area contributed by atoms with E-state index in [-0.39, 0.29) is 17.9 Å². The first-order valence-electron chi connectivity index (χ1n) is 9.15. The highest BCUT2D eigenvalue weighted by molar-refractivity contribution is 7.90. The molecule has 0 bridgehead atoms. The van der Waals surface area contributed by atoms with E-state index in [2.05, 4.69) is 17.0 Å². The zero-order valence-corrected chi connectivity index (χ0v) is 18.0. The summed E-state index contributed by atoms with van der Waals surface area (Å²) >= 11 is 1.38. The Labute approximate surface area is 174 Å². The van der Waals surface area contributed by atoms with Gasteiger partial charge >= 0.3 is 0 Å². The van der Waals surface area contributed by atoms with E-state index >= 15 is 0 Å². The van der Waals surface area contributed by atoms with Crippen LogP contribution in [-0.4, -0.2) is 24.6 Å². The zero-order chi connectivity index (χ0) is 21.0. The Morgan fingerprint density at radius 2 is 1.86 bits per heavy atom. The number of hydrogen-bond donors (Lipinski definition) is 0. The molecule has 1 heterocycles. The van der Waals surface area contributed by atoms with Crippen molar-refractivity contribution in [2.24, 2.45) is 4.99 Å². The van der Waals surface area contributed by atoms with E-state index in [9.17, 15) is 13.2 Å².